The molecule has 9 heteroatoms. The first-order valence-electron chi connectivity index (χ1n) is 9.48. The number of nitrogens with one attached hydrogen (secondary N) is 1. The van der Waals surface area contributed by atoms with E-state index in [2.05, 4.69) is 25.2 Å². The molecule has 4 N–H and O–H groups in total. The van der Waals surface area contributed by atoms with Gasteiger partial charge in [0, 0.05) is 23.1 Å². The third-order valence-corrected chi connectivity index (χ3v) is 4.90. The van der Waals surface area contributed by atoms with Crippen molar-refractivity contribution in [1.82, 2.24) is 15.3 Å². The van der Waals surface area contributed by atoms with Crippen LogP contribution in [-0.2, 0) is 13.0 Å². The normalized spacial score (nSPS) is 10.9. The summed E-state index contributed by atoms with van der Waals surface area (Å²) < 4.78 is 4.51. The molecule has 9 nitrogen and oxygen atoms in total. The molecule has 0 aliphatic carbocycles. The number of hydrogen-bond acceptors (Lipinski definition) is 7. The van der Waals surface area contributed by atoms with Crippen LogP contribution in [-0.4, -0.2) is 32.2 Å². The Bertz CT molecular complexity index is 1300. The number of pyridine rings is 1. The first kappa shape index (κ1) is 20.2. The minimum atomic E-state index is -0.860. The topological polar surface area (TPSA) is 144 Å². The molecule has 0 aliphatic rings. The first-order chi connectivity index (χ1) is 15.0. The zero-order valence-corrected chi connectivity index (χ0v) is 16.6. The van der Waals surface area contributed by atoms with Crippen LogP contribution < -0.4 is 11.1 Å². The predicted molar refractivity (Wildman–Crippen MR) is 112 cm³/mol. The number of nitrogens with two attached hydrogens (primary N) is 1. The molecule has 0 saturated carbocycles. The molecular weight excluding hydrogens is 398 g/mol. The lowest BCUT2D eigenvalue weighted by Gasteiger charge is -2.12. The molecule has 0 radical (unpaired) electrons. The second-order valence-corrected chi connectivity index (χ2v) is 7.01. The van der Waals surface area contributed by atoms with Gasteiger partial charge in [0.05, 0.1) is 12.1 Å². The van der Waals surface area contributed by atoms with Crippen molar-refractivity contribution < 1.29 is 19.3 Å². The number of aryl methyl sites for hydroxylation is 1. The third kappa shape index (κ3) is 3.99. The molecule has 4 aromatic rings. The van der Waals surface area contributed by atoms with E-state index in [1.54, 1.807) is 12.1 Å². The van der Waals surface area contributed by atoms with Crippen LogP contribution >= 0.6 is 0 Å². The van der Waals surface area contributed by atoms with Crippen molar-refractivity contribution in [1.29, 1.82) is 0 Å². The zero-order valence-electron chi connectivity index (χ0n) is 16.6. The molecule has 2 heterocycles. The van der Waals surface area contributed by atoms with E-state index in [4.69, 9.17) is 5.73 Å². The minimum absolute atomic E-state index is 0.0871. The fourth-order valence-corrected chi connectivity index (χ4v) is 3.50. The SMILES string of the molecule is Cc1cc(CO)c2cccc(Cc3ccccc3C(=O)Nc3nonc3C(N)=O)c2n1. The Hall–Kier alpha value is -4.11. The average Bonchev–Trinajstić information content (AvgIpc) is 3.22. The summed E-state index contributed by atoms with van der Waals surface area (Å²) in [7, 11) is 0. The van der Waals surface area contributed by atoms with E-state index in [9.17, 15) is 14.7 Å². The number of rotatable bonds is 6. The van der Waals surface area contributed by atoms with Gasteiger partial charge in [-0.15, -0.1) is 0 Å². The lowest BCUT2D eigenvalue weighted by atomic mass is 9.96. The molecule has 2 aromatic heterocycles. The summed E-state index contributed by atoms with van der Waals surface area (Å²) in [6.45, 7) is 1.79. The van der Waals surface area contributed by atoms with E-state index in [0.29, 0.717) is 12.0 Å². The predicted octanol–water partition coefficient (Wildman–Crippen LogP) is 2.36. The molecule has 0 saturated heterocycles. The molecule has 0 fully saturated rings. The van der Waals surface area contributed by atoms with Crippen LogP contribution in [0.3, 0.4) is 0 Å². The highest BCUT2D eigenvalue weighted by Gasteiger charge is 2.20. The second kappa shape index (κ2) is 8.33. The number of nitrogens with zero attached hydrogens (tertiary/aromatic N) is 3. The van der Waals surface area contributed by atoms with Crippen molar-refractivity contribution >= 4 is 28.5 Å². The smallest absolute Gasteiger partial charge is 0.274 e. The number of benzene rings is 2. The molecule has 0 atom stereocenters. The maximum atomic E-state index is 12.9. The number of aliphatic hydroxyl groups is 1. The Morgan fingerprint density at radius 2 is 1.84 bits per heavy atom. The van der Waals surface area contributed by atoms with E-state index in [1.807, 2.05) is 43.3 Å². The lowest BCUT2D eigenvalue weighted by molar-refractivity contribution is 0.0991. The summed E-state index contributed by atoms with van der Waals surface area (Å²) in [5, 5.41) is 20.0. The van der Waals surface area contributed by atoms with Gasteiger partial charge in [-0.05, 0) is 46.1 Å². The summed E-state index contributed by atoms with van der Waals surface area (Å²) in [5.41, 5.74) is 9.40. The fraction of sp³-hybridized carbons (Fsp3) is 0.136. The average molecular weight is 417 g/mol. The van der Waals surface area contributed by atoms with E-state index in [1.165, 1.54) is 0 Å². The highest BCUT2D eigenvalue weighted by atomic mass is 16.6. The molecule has 4 rings (SSSR count). The van der Waals surface area contributed by atoms with E-state index < -0.39 is 11.8 Å². The number of carbonyl (C=O) groups excluding carboxylic acids is 2. The number of fused-ring (bicyclic) bond motifs is 1. The van der Waals surface area contributed by atoms with Crippen LogP contribution in [0, 0.1) is 6.92 Å². The molecular formula is C22H19N5O4. The van der Waals surface area contributed by atoms with Gasteiger partial charge >= 0.3 is 0 Å². The zero-order chi connectivity index (χ0) is 22.0. The molecule has 31 heavy (non-hydrogen) atoms. The van der Waals surface area contributed by atoms with Crippen molar-refractivity contribution in [2.75, 3.05) is 5.32 Å². The van der Waals surface area contributed by atoms with Crippen LogP contribution in [0.25, 0.3) is 10.9 Å². The van der Waals surface area contributed by atoms with Gasteiger partial charge < -0.3 is 16.2 Å². The van der Waals surface area contributed by atoms with Crippen LogP contribution in [0.15, 0.2) is 53.2 Å². The minimum Gasteiger partial charge on any atom is -0.392 e. The number of amides is 2. The van der Waals surface area contributed by atoms with Crippen LogP contribution in [0.4, 0.5) is 5.82 Å². The van der Waals surface area contributed by atoms with Gasteiger partial charge in [-0.25, -0.2) is 4.63 Å². The van der Waals surface area contributed by atoms with Gasteiger partial charge in [-0.3, -0.25) is 14.6 Å². The highest BCUT2D eigenvalue weighted by molar-refractivity contribution is 6.07. The van der Waals surface area contributed by atoms with Crippen molar-refractivity contribution in [3.05, 3.63) is 82.2 Å². The molecule has 156 valence electrons. The van der Waals surface area contributed by atoms with Gasteiger partial charge in [0.1, 0.15) is 0 Å². The number of anilines is 1. The van der Waals surface area contributed by atoms with Crippen molar-refractivity contribution in [3.63, 3.8) is 0 Å². The van der Waals surface area contributed by atoms with E-state index >= 15 is 0 Å². The molecule has 2 aromatic carbocycles. The third-order valence-electron chi connectivity index (χ3n) is 4.90. The Morgan fingerprint density at radius 3 is 2.61 bits per heavy atom. The number of hydrogen-bond donors (Lipinski definition) is 3. The Morgan fingerprint density at radius 1 is 1.06 bits per heavy atom. The quantitative estimate of drug-likeness (QED) is 0.437. The van der Waals surface area contributed by atoms with Gasteiger partial charge in [-0.2, -0.15) is 0 Å². The molecule has 0 bridgehead atoms. The number of aromatic nitrogens is 3. The fourth-order valence-electron chi connectivity index (χ4n) is 3.50. The molecule has 2 amide bonds. The lowest BCUT2D eigenvalue weighted by Crippen LogP contribution is -2.19. The van der Waals surface area contributed by atoms with Gasteiger partial charge in [0.2, 0.25) is 11.5 Å². The summed E-state index contributed by atoms with van der Waals surface area (Å²) in [4.78, 5) is 28.9. The second-order valence-electron chi connectivity index (χ2n) is 7.01. The van der Waals surface area contributed by atoms with Crippen molar-refractivity contribution in [3.8, 4) is 0 Å². The summed E-state index contributed by atoms with van der Waals surface area (Å²) in [6, 6.07) is 14.7. The molecule has 0 aliphatic heterocycles. The molecule has 0 spiro atoms. The Labute approximate surface area is 176 Å². The van der Waals surface area contributed by atoms with Crippen LogP contribution in [0.2, 0.25) is 0 Å². The summed E-state index contributed by atoms with van der Waals surface area (Å²) in [6.07, 6.45) is 0.433. The van der Waals surface area contributed by atoms with E-state index in [0.717, 1.165) is 33.3 Å². The standard InChI is InChI=1S/C22H19N5O4/c1-12-9-15(11-28)16-8-4-6-14(18(16)24-12)10-13-5-2-3-7-17(13)22(30)25-21-19(20(23)29)26-31-27-21/h2-9,28H,10-11H2,1H3,(H2,23,29)(H,25,27,30). The van der Waals surface area contributed by atoms with Gasteiger partial charge in [-0.1, -0.05) is 36.4 Å². The number of aliphatic hydroxyl groups excluding tert-OH is 1. The first-order valence-corrected chi connectivity index (χ1v) is 9.48. The van der Waals surface area contributed by atoms with Crippen molar-refractivity contribution in [2.24, 2.45) is 5.73 Å². The van der Waals surface area contributed by atoms with Gasteiger partial charge in [0.15, 0.2) is 0 Å². The largest absolute Gasteiger partial charge is 0.392 e. The Balaban J connectivity index is 1.70. The summed E-state index contributed by atoms with van der Waals surface area (Å²) in [5.74, 6) is -1.47. The summed E-state index contributed by atoms with van der Waals surface area (Å²) >= 11 is 0. The monoisotopic (exact) mass is 417 g/mol. The van der Waals surface area contributed by atoms with E-state index in [-0.39, 0.29) is 18.1 Å². The maximum Gasteiger partial charge on any atom is 0.274 e. The van der Waals surface area contributed by atoms with Crippen LogP contribution in [0.5, 0.6) is 0 Å². The highest BCUT2D eigenvalue weighted by Crippen LogP contribution is 2.25. The maximum absolute atomic E-state index is 12.9. The van der Waals surface area contributed by atoms with Crippen LogP contribution in [0.1, 0.15) is 43.2 Å². The van der Waals surface area contributed by atoms with Gasteiger partial charge in [0.25, 0.3) is 11.8 Å². The number of carbonyl (C=O) groups is 2. The molecule has 0 unspecified atom stereocenters. The number of para-hydroxylation sites is 1. The van der Waals surface area contributed by atoms with Crippen molar-refractivity contribution in [2.45, 2.75) is 20.0 Å². The Kier molecular flexibility index (Phi) is 5.42. The number of primary amides is 1.